The number of nitrogens with zero attached hydrogens (tertiary/aromatic N) is 2. The molecule has 3 aromatic rings. The van der Waals surface area contributed by atoms with Crippen LogP contribution in [0.15, 0.2) is 48.7 Å². The van der Waals surface area contributed by atoms with Gasteiger partial charge in [-0.05, 0) is 61.7 Å². The molecule has 0 radical (unpaired) electrons. The lowest BCUT2D eigenvalue weighted by Crippen LogP contribution is -2.27. The minimum atomic E-state index is -0.323. The number of hydrogen-bond acceptors (Lipinski definition) is 4. The Balaban J connectivity index is 1.74. The fraction of sp³-hybridized carbons (Fsp3) is 0.333. The Labute approximate surface area is 182 Å². The minimum Gasteiger partial charge on any atom is -0.493 e. The summed E-state index contributed by atoms with van der Waals surface area (Å²) in [4.78, 5) is 12.9. The van der Waals surface area contributed by atoms with Gasteiger partial charge in [-0.1, -0.05) is 19.9 Å². The summed E-state index contributed by atoms with van der Waals surface area (Å²) < 4.78 is 26.1. The molecule has 6 nitrogen and oxygen atoms in total. The first-order valence-electron chi connectivity index (χ1n) is 10.2. The fourth-order valence-electron chi connectivity index (χ4n) is 3.16. The highest BCUT2D eigenvalue weighted by Crippen LogP contribution is 2.31. The van der Waals surface area contributed by atoms with Crippen molar-refractivity contribution in [1.29, 1.82) is 0 Å². The van der Waals surface area contributed by atoms with Crippen molar-refractivity contribution in [2.24, 2.45) is 5.92 Å². The molecule has 0 spiro atoms. The smallest absolute Gasteiger partial charge is 0.255 e. The molecule has 31 heavy (non-hydrogen) atoms. The maximum Gasteiger partial charge on any atom is 0.255 e. The predicted octanol–water partition coefficient (Wildman–Crippen LogP) is 4.85. The lowest BCUT2D eigenvalue weighted by atomic mass is 10.1. The molecule has 164 valence electrons. The second-order valence-corrected chi connectivity index (χ2v) is 7.84. The summed E-state index contributed by atoms with van der Waals surface area (Å²) in [5.41, 5.74) is 2.71. The molecular weight excluding hydrogens is 397 g/mol. The van der Waals surface area contributed by atoms with Crippen molar-refractivity contribution < 1.29 is 18.7 Å². The Kier molecular flexibility index (Phi) is 6.95. The van der Waals surface area contributed by atoms with E-state index in [1.807, 2.05) is 25.1 Å². The maximum absolute atomic E-state index is 13.2. The predicted molar refractivity (Wildman–Crippen MR) is 117 cm³/mol. The van der Waals surface area contributed by atoms with E-state index in [0.717, 1.165) is 5.56 Å². The zero-order valence-corrected chi connectivity index (χ0v) is 18.5. The highest BCUT2D eigenvalue weighted by atomic mass is 19.1. The van der Waals surface area contributed by atoms with Gasteiger partial charge in [-0.25, -0.2) is 9.07 Å². The van der Waals surface area contributed by atoms with E-state index in [9.17, 15) is 9.18 Å². The van der Waals surface area contributed by atoms with Crippen molar-refractivity contribution in [1.82, 2.24) is 15.1 Å². The van der Waals surface area contributed by atoms with Crippen molar-refractivity contribution in [3.63, 3.8) is 0 Å². The molecule has 0 bridgehead atoms. The van der Waals surface area contributed by atoms with Crippen LogP contribution in [0.3, 0.4) is 0 Å². The Bertz CT molecular complexity index is 1040. The number of ether oxygens (including phenoxy) is 2. The molecule has 1 heterocycles. The first kappa shape index (κ1) is 22.3. The van der Waals surface area contributed by atoms with Crippen LogP contribution in [-0.2, 0) is 0 Å². The van der Waals surface area contributed by atoms with Crippen molar-refractivity contribution in [2.45, 2.75) is 33.7 Å². The van der Waals surface area contributed by atoms with E-state index >= 15 is 0 Å². The number of aromatic nitrogens is 2. The van der Waals surface area contributed by atoms with Gasteiger partial charge in [0.2, 0.25) is 0 Å². The number of hydrogen-bond donors (Lipinski definition) is 1. The van der Waals surface area contributed by atoms with Crippen molar-refractivity contribution in [3.05, 3.63) is 71.3 Å². The molecule has 0 aliphatic heterocycles. The molecule has 0 saturated carbocycles. The number of benzene rings is 2. The third-order valence-corrected chi connectivity index (χ3v) is 4.93. The zero-order chi connectivity index (χ0) is 22.5. The zero-order valence-electron chi connectivity index (χ0n) is 18.5. The quantitative estimate of drug-likeness (QED) is 0.560. The topological polar surface area (TPSA) is 65.4 Å². The van der Waals surface area contributed by atoms with Gasteiger partial charge in [0.05, 0.1) is 42.9 Å². The van der Waals surface area contributed by atoms with Crippen molar-refractivity contribution >= 4 is 5.91 Å². The highest BCUT2D eigenvalue weighted by molar-refractivity contribution is 5.95. The molecule has 0 fully saturated rings. The second kappa shape index (κ2) is 9.64. The average Bonchev–Trinajstić information content (AvgIpc) is 3.14. The standard InChI is InChI=1S/C24H28FN3O3/c1-15(2)14-31-22-11-6-18(12-23(22)30-5)16(3)27-24(29)21-13-26-28(17(21)4)20-9-7-19(25)8-10-20/h6-13,15-16H,14H2,1-5H3,(H,27,29). The van der Waals surface area contributed by atoms with Crippen molar-refractivity contribution in [2.75, 3.05) is 13.7 Å². The Morgan fingerprint density at radius 2 is 1.84 bits per heavy atom. The summed E-state index contributed by atoms with van der Waals surface area (Å²) in [6, 6.07) is 11.4. The molecule has 2 aromatic carbocycles. The lowest BCUT2D eigenvalue weighted by Gasteiger charge is -2.18. The van der Waals surface area contributed by atoms with Gasteiger partial charge in [0, 0.05) is 0 Å². The van der Waals surface area contributed by atoms with Crippen LogP contribution < -0.4 is 14.8 Å². The van der Waals surface area contributed by atoms with E-state index in [0.29, 0.717) is 41.0 Å². The van der Waals surface area contributed by atoms with Crippen LogP contribution in [0.25, 0.3) is 5.69 Å². The van der Waals surface area contributed by atoms with Gasteiger partial charge in [-0.2, -0.15) is 5.10 Å². The number of methoxy groups -OCH3 is 1. The number of nitrogens with one attached hydrogen (secondary N) is 1. The highest BCUT2D eigenvalue weighted by Gasteiger charge is 2.19. The van der Waals surface area contributed by atoms with E-state index in [-0.39, 0.29) is 17.8 Å². The fourth-order valence-corrected chi connectivity index (χ4v) is 3.16. The molecule has 0 saturated heterocycles. The third kappa shape index (κ3) is 5.23. The summed E-state index contributed by atoms with van der Waals surface area (Å²) >= 11 is 0. The number of rotatable bonds is 8. The SMILES string of the molecule is COc1cc(C(C)NC(=O)c2cnn(-c3ccc(F)cc3)c2C)ccc1OCC(C)C. The number of halogens is 1. The van der Waals surface area contributed by atoms with Crippen LogP contribution >= 0.6 is 0 Å². The van der Waals surface area contributed by atoms with Gasteiger partial charge in [-0.3, -0.25) is 4.79 Å². The van der Waals surface area contributed by atoms with E-state index in [1.54, 1.807) is 30.8 Å². The minimum absolute atomic E-state index is 0.238. The molecule has 7 heteroatoms. The van der Waals surface area contributed by atoms with Crippen LogP contribution in [0.1, 0.15) is 48.4 Å². The summed E-state index contributed by atoms with van der Waals surface area (Å²) in [5.74, 6) is 1.14. The molecule has 1 N–H and O–H groups in total. The van der Waals surface area contributed by atoms with E-state index < -0.39 is 0 Å². The number of amides is 1. The maximum atomic E-state index is 13.2. The molecular formula is C24H28FN3O3. The molecule has 0 aliphatic carbocycles. The van der Waals surface area contributed by atoms with Gasteiger partial charge in [0.15, 0.2) is 11.5 Å². The van der Waals surface area contributed by atoms with Crippen LogP contribution in [-0.4, -0.2) is 29.4 Å². The summed E-state index contributed by atoms with van der Waals surface area (Å²) in [7, 11) is 1.60. The average molecular weight is 426 g/mol. The molecule has 1 aromatic heterocycles. The molecule has 1 unspecified atom stereocenters. The van der Waals surface area contributed by atoms with Crippen LogP contribution in [0.4, 0.5) is 4.39 Å². The van der Waals surface area contributed by atoms with Gasteiger partial charge < -0.3 is 14.8 Å². The molecule has 1 amide bonds. The van der Waals surface area contributed by atoms with E-state index in [1.165, 1.54) is 18.3 Å². The van der Waals surface area contributed by atoms with E-state index in [2.05, 4.69) is 24.3 Å². The van der Waals surface area contributed by atoms with Gasteiger partial charge in [0.1, 0.15) is 5.82 Å². The van der Waals surface area contributed by atoms with Gasteiger partial charge >= 0.3 is 0 Å². The van der Waals surface area contributed by atoms with Crippen LogP contribution in [0, 0.1) is 18.7 Å². The molecule has 0 aliphatic rings. The Hall–Kier alpha value is -3.35. The Morgan fingerprint density at radius 3 is 2.48 bits per heavy atom. The summed E-state index contributed by atoms with van der Waals surface area (Å²) in [5, 5.41) is 7.29. The normalized spacial score (nSPS) is 12.0. The van der Waals surface area contributed by atoms with E-state index in [4.69, 9.17) is 9.47 Å². The van der Waals surface area contributed by atoms with Crippen molar-refractivity contribution in [3.8, 4) is 17.2 Å². The summed E-state index contributed by atoms with van der Waals surface area (Å²) in [6.07, 6.45) is 1.52. The van der Waals surface area contributed by atoms with Crippen LogP contribution in [0.2, 0.25) is 0 Å². The largest absolute Gasteiger partial charge is 0.493 e. The summed E-state index contributed by atoms with van der Waals surface area (Å²) in [6.45, 7) is 8.47. The third-order valence-electron chi connectivity index (χ3n) is 4.93. The first-order chi connectivity index (χ1) is 14.8. The lowest BCUT2D eigenvalue weighted by molar-refractivity contribution is 0.0939. The van der Waals surface area contributed by atoms with Gasteiger partial charge in [0.25, 0.3) is 5.91 Å². The molecule has 3 rings (SSSR count). The number of carbonyl (C=O) groups excluding carboxylic acids is 1. The first-order valence-corrected chi connectivity index (χ1v) is 10.2. The number of carbonyl (C=O) groups is 1. The second-order valence-electron chi connectivity index (χ2n) is 7.84. The van der Waals surface area contributed by atoms with Gasteiger partial charge in [-0.15, -0.1) is 0 Å². The van der Waals surface area contributed by atoms with Crippen LogP contribution in [0.5, 0.6) is 11.5 Å². The molecule has 1 atom stereocenters. The Morgan fingerprint density at radius 1 is 1.13 bits per heavy atom. The monoisotopic (exact) mass is 425 g/mol.